The molecule has 1 aliphatic rings. The Morgan fingerprint density at radius 2 is 2.29 bits per heavy atom. The molecule has 114 valence electrons. The van der Waals surface area contributed by atoms with E-state index in [0.717, 1.165) is 30.5 Å². The monoisotopic (exact) mass is 308 g/mol. The number of fused-ring (bicyclic) bond motifs is 1. The molecule has 1 aliphatic heterocycles. The molecule has 0 saturated carbocycles. The van der Waals surface area contributed by atoms with Crippen LogP contribution in [0.25, 0.3) is 11.0 Å². The van der Waals surface area contributed by atoms with Crippen molar-refractivity contribution in [3.63, 3.8) is 0 Å². The first-order valence-corrected chi connectivity index (χ1v) is 7.21. The number of carbonyl (C=O) groups is 1. The summed E-state index contributed by atoms with van der Waals surface area (Å²) in [5, 5.41) is 7.26. The standard InChI is InChI=1S/C16H20N2O2.ClH/c1-11-2-3-14-13(8-11)9-15(20-14)16(19)18-7-5-12-4-6-17-10-12;/h2-3,8-9,12,17H,4-7,10H2,1H3,(H,18,19);1H. The molecule has 4 nitrogen and oxygen atoms in total. The van der Waals surface area contributed by atoms with Gasteiger partial charge in [-0.05, 0) is 57.0 Å². The summed E-state index contributed by atoms with van der Waals surface area (Å²) in [4.78, 5) is 12.1. The van der Waals surface area contributed by atoms with E-state index in [2.05, 4.69) is 10.6 Å². The predicted molar refractivity (Wildman–Crippen MR) is 86.1 cm³/mol. The van der Waals surface area contributed by atoms with E-state index in [-0.39, 0.29) is 18.3 Å². The molecule has 1 aromatic carbocycles. The predicted octanol–water partition coefficient (Wildman–Crippen LogP) is 2.89. The van der Waals surface area contributed by atoms with E-state index in [0.29, 0.717) is 18.2 Å². The lowest BCUT2D eigenvalue weighted by Crippen LogP contribution is -2.26. The summed E-state index contributed by atoms with van der Waals surface area (Å²) in [6.07, 6.45) is 2.23. The summed E-state index contributed by atoms with van der Waals surface area (Å²) in [5.41, 5.74) is 1.93. The van der Waals surface area contributed by atoms with Crippen LogP contribution in [0.3, 0.4) is 0 Å². The molecule has 1 fully saturated rings. The van der Waals surface area contributed by atoms with Gasteiger partial charge in [0, 0.05) is 11.9 Å². The lowest BCUT2D eigenvalue weighted by atomic mass is 10.1. The van der Waals surface area contributed by atoms with Crippen molar-refractivity contribution < 1.29 is 9.21 Å². The maximum atomic E-state index is 12.1. The van der Waals surface area contributed by atoms with Crippen LogP contribution in [-0.2, 0) is 0 Å². The molecular formula is C16H21ClN2O2. The van der Waals surface area contributed by atoms with E-state index in [9.17, 15) is 4.79 Å². The van der Waals surface area contributed by atoms with Gasteiger partial charge in [-0.15, -0.1) is 12.4 Å². The van der Waals surface area contributed by atoms with Crippen LogP contribution < -0.4 is 10.6 Å². The van der Waals surface area contributed by atoms with Crippen molar-refractivity contribution in [1.82, 2.24) is 10.6 Å². The first-order valence-electron chi connectivity index (χ1n) is 7.21. The van der Waals surface area contributed by atoms with Crippen molar-refractivity contribution in [3.8, 4) is 0 Å². The number of halogens is 1. The van der Waals surface area contributed by atoms with Gasteiger partial charge in [0.05, 0.1) is 0 Å². The summed E-state index contributed by atoms with van der Waals surface area (Å²) >= 11 is 0. The molecule has 1 amide bonds. The normalized spacial score (nSPS) is 17.7. The molecule has 2 aromatic rings. The van der Waals surface area contributed by atoms with Gasteiger partial charge in [-0.25, -0.2) is 0 Å². The zero-order valence-corrected chi connectivity index (χ0v) is 13.0. The minimum atomic E-state index is -0.121. The zero-order valence-electron chi connectivity index (χ0n) is 12.1. The quantitative estimate of drug-likeness (QED) is 0.913. The van der Waals surface area contributed by atoms with Gasteiger partial charge in [0.1, 0.15) is 5.58 Å². The third-order valence-corrected chi connectivity index (χ3v) is 3.90. The molecule has 3 rings (SSSR count). The van der Waals surface area contributed by atoms with Gasteiger partial charge < -0.3 is 15.1 Å². The van der Waals surface area contributed by atoms with Gasteiger partial charge in [-0.2, -0.15) is 0 Å². The van der Waals surface area contributed by atoms with E-state index in [1.54, 1.807) is 0 Å². The first-order chi connectivity index (χ1) is 9.72. The highest BCUT2D eigenvalue weighted by Crippen LogP contribution is 2.20. The Morgan fingerprint density at radius 1 is 1.43 bits per heavy atom. The number of rotatable bonds is 4. The van der Waals surface area contributed by atoms with Crippen LogP contribution in [0.4, 0.5) is 0 Å². The van der Waals surface area contributed by atoms with E-state index in [1.165, 1.54) is 12.0 Å². The molecular weight excluding hydrogens is 288 g/mol. The van der Waals surface area contributed by atoms with Crippen LogP contribution in [0.15, 0.2) is 28.7 Å². The van der Waals surface area contributed by atoms with Crippen molar-refractivity contribution in [2.24, 2.45) is 5.92 Å². The minimum absolute atomic E-state index is 0. The van der Waals surface area contributed by atoms with Crippen LogP contribution in [0, 0.1) is 12.8 Å². The Bertz CT molecular complexity index is 618. The first kappa shape index (κ1) is 15.9. The van der Waals surface area contributed by atoms with Crippen molar-refractivity contribution in [2.75, 3.05) is 19.6 Å². The van der Waals surface area contributed by atoms with Crippen LogP contribution in [0.5, 0.6) is 0 Å². The summed E-state index contributed by atoms with van der Waals surface area (Å²) in [6, 6.07) is 7.74. The Balaban J connectivity index is 0.00000161. The summed E-state index contributed by atoms with van der Waals surface area (Å²) < 4.78 is 5.58. The number of hydrogen-bond acceptors (Lipinski definition) is 3. The van der Waals surface area contributed by atoms with Crippen LogP contribution in [-0.4, -0.2) is 25.5 Å². The molecule has 21 heavy (non-hydrogen) atoms. The molecule has 1 saturated heterocycles. The van der Waals surface area contributed by atoms with Gasteiger partial charge in [-0.1, -0.05) is 11.6 Å². The summed E-state index contributed by atoms with van der Waals surface area (Å²) in [7, 11) is 0. The lowest BCUT2D eigenvalue weighted by molar-refractivity contribution is 0.0926. The summed E-state index contributed by atoms with van der Waals surface area (Å²) in [6.45, 7) is 4.91. The number of carbonyl (C=O) groups excluding carboxylic acids is 1. The number of benzene rings is 1. The second kappa shape index (κ2) is 6.96. The number of hydrogen-bond donors (Lipinski definition) is 2. The van der Waals surface area contributed by atoms with Crippen molar-refractivity contribution >= 4 is 29.3 Å². The largest absolute Gasteiger partial charge is 0.451 e. The highest BCUT2D eigenvalue weighted by atomic mass is 35.5. The molecule has 2 heterocycles. The average Bonchev–Trinajstić information content (AvgIpc) is 3.06. The third kappa shape index (κ3) is 3.77. The Morgan fingerprint density at radius 3 is 3.05 bits per heavy atom. The molecule has 1 aromatic heterocycles. The molecule has 1 unspecified atom stereocenters. The van der Waals surface area contributed by atoms with E-state index in [4.69, 9.17) is 4.42 Å². The molecule has 5 heteroatoms. The fourth-order valence-corrected chi connectivity index (χ4v) is 2.71. The Labute approximate surface area is 130 Å². The van der Waals surface area contributed by atoms with Crippen LogP contribution in [0.2, 0.25) is 0 Å². The van der Waals surface area contributed by atoms with Crippen molar-refractivity contribution in [1.29, 1.82) is 0 Å². The highest BCUT2D eigenvalue weighted by molar-refractivity contribution is 5.96. The number of amides is 1. The fraction of sp³-hybridized carbons (Fsp3) is 0.438. The lowest BCUT2D eigenvalue weighted by Gasteiger charge is -2.08. The second-order valence-corrected chi connectivity index (χ2v) is 5.56. The maximum Gasteiger partial charge on any atom is 0.287 e. The SMILES string of the molecule is Cc1ccc2oc(C(=O)NCCC3CCNC3)cc2c1.Cl. The topological polar surface area (TPSA) is 54.3 Å². The van der Waals surface area contributed by atoms with Gasteiger partial charge in [0.15, 0.2) is 5.76 Å². The fourth-order valence-electron chi connectivity index (χ4n) is 2.71. The van der Waals surface area contributed by atoms with E-state index < -0.39 is 0 Å². The minimum Gasteiger partial charge on any atom is -0.451 e. The smallest absolute Gasteiger partial charge is 0.287 e. The zero-order chi connectivity index (χ0) is 13.9. The van der Waals surface area contributed by atoms with Gasteiger partial charge in [-0.3, -0.25) is 4.79 Å². The maximum absolute atomic E-state index is 12.1. The molecule has 1 atom stereocenters. The Hall–Kier alpha value is -1.52. The summed E-state index contributed by atoms with van der Waals surface area (Å²) in [5.74, 6) is 0.966. The van der Waals surface area contributed by atoms with Crippen LogP contribution >= 0.6 is 12.4 Å². The number of nitrogens with one attached hydrogen (secondary N) is 2. The average molecular weight is 309 g/mol. The number of aryl methyl sites for hydroxylation is 1. The van der Waals surface area contributed by atoms with Crippen molar-refractivity contribution in [3.05, 3.63) is 35.6 Å². The molecule has 0 bridgehead atoms. The van der Waals surface area contributed by atoms with Gasteiger partial charge >= 0.3 is 0 Å². The molecule has 0 aliphatic carbocycles. The van der Waals surface area contributed by atoms with Crippen molar-refractivity contribution in [2.45, 2.75) is 19.8 Å². The number of furan rings is 1. The molecule has 0 radical (unpaired) electrons. The Kier molecular flexibility index (Phi) is 5.26. The highest BCUT2D eigenvalue weighted by Gasteiger charge is 2.16. The third-order valence-electron chi connectivity index (χ3n) is 3.90. The van der Waals surface area contributed by atoms with Gasteiger partial charge in [0.2, 0.25) is 0 Å². The molecule has 2 N–H and O–H groups in total. The van der Waals surface area contributed by atoms with E-state index in [1.807, 2.05) is 31.2 Å². The van der Waals surface area contributed by atoms with Crippen LogP contribution in [0.1, 0.15) is 29.0 Å². The molecule has 0 spiro atoms. The van der Waals surface area contributed by atoms with E-state index >= 15 is 0 Å². The van der Waals surface area contributed by atoms with Gasteiger partial charge in [0.25, 0.3) is 5.91 Å². The second-order valence-electron chi connectivity index (χ2n) is 5.56.